The molecule has 0 saturated heterocycles. The van der Waals surface area contributed by atoms with Gasteiger partial charge in [-0.05, 0) is 11.6 Å². The zero-order chi connectivity index (χ0) is 8.10. The van der Waals surface area contributed by atoms with E-state index in [0.29, 0.717) is 5.56 Å². The van der Waals surface area contributed by atoms with Crippen molar-refractivity contribution >= 4 is 24.0 Å². The van der Waals surface area contributed by atoms with Gasteiger partial charge in [-0.1, -0.05) is 35.9 Å². The Balaban J connectivity index is 2.91. The van der Waals surface area contributed by atoms with Crippen molar-refractivity contribution in [3.8, 4) is 0 Å². The highest BCUT2D eigenvalue weighted by Crippen LogP contribution is 2.04. The number of hydrogen-bond donors (Lipinski definition) is 0. The van der Waals surface area contributed by atoms with Crippen LogP contribution >= 0.6 is 11.6 Å². The third kappa shape index (κ3) is 2.20. The molecule has 0 unspecified atom stereocenters. The molecular formula is C9H7ClO. The van der Waals surface area contributed by atoms with Crippen molar-refractivity contribution in [2.45, 2.75) is 0 Å². The minimum absolute atomic E-state index is 0.678. The monoisotopic (exact) mass is 166 g/mol. The van der Waals surface area contributed by atoms with Gasteiger partial charge in [0.25, 0.3) is 0 Å². The van der Waals surface area contributed by atoms with Crippen LogP contribution in [0.1, 0.15) is 15.9 Å². The average Bonchev–Trinajstić information content (AvgIpc) is 2.07. The summed E-state index contributed by atoms with van der Waals surface area (Å²) in [7, 11) is 0. The first kappa shape index (κ1) is 8.02. The first-order valence-corrected chi connectivity index (χ1v) is 3.62. The van der Waals surface area contributed by atoms with Crippen LogP contribution in [-0.4, -0.2) is 6.29 Å². The molecule has 0 aliphatic heterocycles. The molecule has 1 nitrogen and oxygen atoms in total. The molecule has 56 valence electrons. The smallest absolute Gasteiger partial charge is 0.150 e. The van der Waals surface area contributed by atoms with E-state index in [1.165, 1.54) is 5.54 Å². The van der Waals surface area contributed by atoms with Crippen LogP contribution in [0.3, 0.4) is 0 Å². The Bertz CT molecular complexity index is 261. The molecule has 0 fully saturated rings. The van der Waals surface area contributed by atoms with E-state index in [1.54, 1.807) is 18.2 Å². The summed E-state index contributed by atoms with van der Waals surface area (Å²) in [6.07, 6.45) is 2.57. The van der Waals surface area contributed by atoms with Crippen LogP contribution in [0.2, 0.25) is 0 Å². The zero-order valence-electron chi connectivity index (χ0n) is 5.83. The lowest BCUT2D eigenvalue weighted by Gasteiger charge is -1.91. The molecule has 0 spiro atoms. The Hall–Kier alpha value is -1.08. The standard InChI is InChI=1S/C9H7ClO/c10-6-5-8-1-3-9(7-11)4-2-8/h1-7H/b6-5-. The Labute approximate surface area is 70.3 Å². The highest BCUT2D eigenvalue weighted by Gasteiger charge is 1.87. The summed E-state index contributed by atoms with van der Waals surface area (Å²) in [5, 5.41) is 0. The molecule has 0 radical (unpaired) electrons. The van der Waals surface area contributed by atoms with Crippen molar-refractivity contribution in [2.75, 3.05) is 0 Å². The SMILES string of the molecule is O=Cc1ccc(/C=C\Cl)cc1. The van der Waals surface area contributed by atoms with E-state index in [1.807, 2.05) is 12.1 Å². The van der Waals surface area contributed by atoms with Crippen molar-refractivity contribution < 1.29 is 4.79 Å². The van der Waals surface area contributed by atoms with Gasteiger partial charge in [-0.15, -0.1) is 0 Å². The van der Waals surface area contributed by atoms with Gasteiger partial charge >= 0.3 is 0 Å². The molecular weight excluding hydrogens is 160 g/mol. The maximum atomic E-state index is 10.2. The number of carbonyl (C=O) groups is 1. The Morgan fingerprint density at radius 1 is 1.09 bits per heavy atom. The summed E-state index contributed by atoms with van der Waals surface area (Å²) in [5.41, 5.74) is 3.11. The molecule has 1 aromatic rings. The van der Waals surface area contributed by atoms with Crippen LogP contribution in [0.25, 0.3) is 6.08 Å². The molecule has 1 rings (SSSR count). The Morgan fingerprint density at radius 2 is 1.64 bits per heavy atom. The average molecular weight is 167 g/mol. The molecule has 0 saturated carbocycles. The van der Waals surface area contributed by atoms with E-state index in [4.69, 9.17) is 11.6 Å². The van der Waals surface area contributed by atoms with Gasteiger partial charge in [0, 0.05) is 11.1 Å². The number of benzene rings is 1. The fourth-order valence-corrected chi connectivity index (χ4v) is 0.904. The highest BCUT2D eigenvalue weighted by molar-refractivity contribution is 6.27. The fourth-order valence-electron chi connectivity index (χ4n) is 0.758. The number of rotatable bonds is 2. The number of hydrogen-bond acceptors (Lipinski definition) is 1. The Morgan fingerprint density at radius 3 is 2.09 bits per heavy atom. The summed E-state index contributed by atoms with van der Waals surface area (Å²) in [5.74, 6) is 0. The van der Waals surface area contributed by atoms with Gasteiger partial charge in [-0.25, -0.2) is 0 Å². The maximum absolute atomic E-state index is 10.2. The maximum Gasteiger partial charge on any atom is 0.150 e. The lowest BCUT2D eigenvalue weighted by molar-refractivity contribution is 0.112. The molecule has 0 amide bonds. The minimum atomic E-state index is 0.678. The van der Waals surface area contributed by atoms with E-state index >= 15 is 0 Å². The second-order valence-corrected chi connectivity index (χ2v) is 2.33. The van der Waals surface area contributed by atoms with Crippen molar-refractivity contribution in [1.82, 2.24) is 0 Å². The minimum Gasteiger partial charge on any atom is -0.298 e. The van der Waals surface area contributed by atoms with Crippen LogP contribution in [-0.2, 0) is 0 Å². The van der Waals surface area contributed by atoms with Gasteiger partial charge in [0.1, 0.15) is 6.29 Å². The van der Waals surface area contributed by atoms with Gasteiger partial charge in [0.2, 0.25) is 0 Å². The second-order valence-electron chi connectivity index (χ2n) is 2.08. The van der Waals surface area contributed by atoms with Gasteiger partial charge in [0.15, 0.2) is 0 Å². The molecule has 0 aliphatic carbocycles. The largest absolute Gasteiger partial charge is 0.298 e. The molecule has 0 heterocycles. The first-order chi connectivity index (χ1) is 5.36. The number of halogens is 1. The summed E-state index contributed by atoms with van der Waals surface area (Å²) < 4.78 is 0. The van der Waals surface area contributed by atoms with Crippen LogP contribution in [0.5, 0.6) is 0 Å². The van der Waals surface area contributed by atoms with Gasteiger partial charge in [-0.3, -0.25) is 4.79 Å². The van der Waals surface area contributed by atoms with Crippen LogP contribution in [0.4, 0.5) is 0 Å². The molecule has 0 N–H and O–H groups in total. The van der Waals surface area contributed by atoms with Crippen molar-refractivity contribution in [3.05, 3.63) is 40.9 Å². The predicted molar refractivity (Wildman–Crippen MR) is 46.7 cm³/mol. The number of carbonyl (C=O) groups excluding carboxylic acids is 1. The van der Waals surface area contributed by atoms with E-state index in [-0.39, 0.29) is 0 Å². The van der Waals surface area contributed by atoms with Crippen molar-refractivity contribution in [3.63, 3.8) is 0 Å². The van der Waals surface area contributed by atoms with E-state index in [0.717, 1.165) is 11.8 Å². The highest BCUT2D eigenvalue weighted by atomic mass is 35.5. The third-order valence-electron chi connectivity index (χ3n) is 1.33. The van der Waals surface area contributed by atoms with Gasteiger partial charge in [-0.2, -0.15) is 0 Å². The normalized spacial score (nSPS) is 10.3. The molecule has 11 heavy (non-hydrogen) atoms. The molecule has 0 aliphatic rings. The summed E-state index contributed by atoms with van der Waals surface area (Å²) in [6, 6.07) is 7.17. The molecule has 0 bridgehead atoms. The van der Waals surface area contributed by atoms with Crippen molar-refractivity contribution in [2.24, 2.45) is 0 Å². The van der Waals surface area contributed by atoms with Gasteiger partial charge < -0.3 is 0 Å². The predicted octanol–water partition coefficient (Wildman–Crippen LogP) is 2.71. The summed E-state index contributed by atoms with van der Waals surface area (Å²) in [6.45, 7) is 0. The first-order valence-electron chi connectivity index (χ1n) is 3.19. The Kier molecular flexibility index (Phi) is 2.87. The summed E-state index contributed by atoms with van der Waals surface area (Å²) in [4.78, 5) is 10.2. The second kappa shape index (κ2) is 3.94. The van der Waals surface area contributed by atoms with E-state index in [9.17, 15) is 4.79 Å². The van der Waals surface area contributed by atoms with Gasteiger partial charge in [0.05, 0.1) is 0 Å². The van der Waals surface area contributed by atoms with Crippen LogP contribution in [0.15, 0.2) is 29.8 Å². The molecule has 2 heteroatoms. The molecule has 0 aromatic heterocycles. The van der Waals surface area contributed by atoms with Crippen LogP contribution in [0, 0.1) is 0 Å². The fraction of sp³-hybridized carbons (Fsp3) is 0. The zero-order valence-corrected chi connectivity index (χ0v) is 6.58. The van der Waals surface area contributed by atoms with E-state index < -0.39 is 0 Å². The molecule has 1 aromatic carbocycles. The quantitative estimate of drug-likeness (QED) is 0.618. The van der Waals surface area contributed by atoms with E-state index in [2.05, 4.69) is 0 Å². The van der Waals surface area contributed by atoms with Crippen LogP contribution < -0.4 is 0 Å². The lowest BCUT2D eigenvalue weighted by Crippen LogP contribution is -1.77. The topological polar surface area (TPSA) is 17.1 Å². The number of aldehydes is 1. The third-order valence-corrected chi connectivity index (χ3v) is 1.45. The lowest BCUT2D eigenvalue weighted by atomic mass is 10.1. The molecule has 0 atom stereocenters. The van der Waals surface area contributed by atoms with Crippen molar-refractivity contribution in [1.29, 1.82) is 0 Å². The summed E-state index contributed by atoms with van der Waals surface area (Å²) >= 11 is 5.36.